The second kappa shape index (κ2) is 8.67. The van der Waals surface area contributed by atoms with E-state index in [-0.39, 0.29) is 13.2 Å². The molecule has 4 rings (SSSR count). The molecule has 0 saturated heterocycles. The van der Waals surface area contributed by atoms with Gasteiger partial charge in [0, 0.05) is 27.9 Å². The van der Waals surface area contributed by atoms with Gasteiger partial charge in [-0.1, -0.05) is 23.7 Å². The van der Waals surface area contributed by atoms with E-state index in [1.807, 2.05) is 49.4 Å². The highest BCUT2D eigenvalue weighted by Gasteiger charge is 2.17. The Kier molecular flexibility index (Phi) is 5.81. The van der Waals surface area contributed by atoms with E-state index in [4.69, 9.17) is 30.2 Å². The topological polar surface area (TPSA) is 57.9 Å². The van der Waals surface area contributed by atoms with E-state index in [0.717, 1.165) is 22.1 Å². The van der Waals surface area contributed by atoms with Crippen LogP contribution in [0.25, 0.3) is 21.9 Å². The number of hydrogen-bond acceptors (Lipinski definition) is 5. The molecular weight excluding hydrogens is 404 g/mol. The lowest BCUT2D eigenvalue weighted by Gasteiger charge is -2.14. The van der Waals surface area contributed by atoms with Crippen LogP contribution in [0.5, 0.6) is 11.5 Å². The zero-order chi connectivity index (χ0) is 21.1. The van der Waals surface area contributed by atoms with Crippen LogP contribution in [-0.4, -0.2) is 25.3 Å². The molecule has 30 heavy (non-hydrogen) atoms. The molecule has 1 heterocycles. The highest BCUT2D eigenvalue weighted by Crippen LogP contribution is 2.32. The molecule has 0 aliphatic carbocycles. The second-order valence-electron chi connectivity index (χ2n) is 6.99. The van der Waals surface area contributed by atoms with Gasteiger partial charge in [-0.25, -0.2) is 4.79 Å². The van der Waals surface area contributed by atoms with Gasteiger partial charge in [-0.2, -0.15) is 0 Å². The van der Waals surface area contributed by atoms with Crippen LogP contribution in [0.4, 0.5) is 0 Å². The van der Waals surface area contributed by atoms with Crippen molar-refractivity contribution < 1.29 is 23.4 Å². The maximum Gasteiger partial charge on any atom is 0.347 e. The molecule has 1 aromatic heterocycles. The highest BCUT2D eigenvalue weighted by atomic mass is 35.5. The molecule has 154 valence electrons. The smallest absolute Gasteiger partial charge is 0.347 e. The van der Waals surface area contributed by atoms with E-state index in [9.17, 15) is 4.79 Å². The van der Waals surface area contributed by atoms with Gasteiger partial charge in [0.1, 0.15) is 35.9 Å². The molecular formula is C24H21ClO5. The average molecular weight is 425 g/mol. The van der Waals surface area contributed by atoms with Crippen LogP contribution >= 0.6 is 11.6 Å². The minimum absolute atomic E-state index is 0.143. The predicted molar refractivity (Wildman–Crippen MR) is 116 cm³/mol. The number of halogens is 1. The molecule has 3 aromatic carbocycles. The summed E-state index contributed by atoms with van der Waals surface area (Å²) < 4.78 is 22.4. The lowest BCUT2D eigenvalue weighted by Crippen LogP contribution is -2.27. The van der Waals surface area contributed by atoms with Crippen LogP contribution in [0.1, 0.15) is 12.5 Å². The molecule has 6 heteroatoms. The molecule has 0 spiro atoms. The van der Waals surface area contributed by atoms with Gasteiger partial charge < -0.3 is 18.6 Å². The Morgan fingerprint density at radius 3 is 2.53 bits per heavy atom. The summed E-state index contributed by atoms with van der Waals surface area (Å²) in [6.07, 6.45) is -0.764. The molecule has 0 radical (unpaired) electrons. The minimum Gasteiger partial charge on any atom is -0.490 e. The van der Waals surface area contributed by atoms with Crippen molar-refractivity contribution in [1.29, 1.82) is 0 Å². The fraction of sp³-hybridized carbons (Fsp3) is 0.208. The lowest BCUT2D eigenvalue weighted by molar-refractivity contribution is -0.151. The van der Waals surface area contributed by atoms with Gasteiger partial charge in [0.25, 0.3) is 0 Å². The first-order valence-corrected chi connectivity index (χ1v) is 10.0. The van der Waals surface area contributed by atoms with Crippen molar-refractivity contribution >= 4 is 39.5 Å². The van der Waals surface area contributed by atoms with E-state index in [1.54, 1.807) is 25.1 Å². The first kappa shape index (κ1) is 20.1. The Morgan fingerprint density at radius 2 is 1.73 bits per heavy atom. The Bertz CT molecular complexity index is 1200. The van der Waals surface area contributed by atoms with Crippen molar-refractivity contribution in [3.05, 3.63) is 71.2 Å². The van der Waals surface area contributed by atoms with E-state index < -0.39 is 12.1 Å². The molecule has 0 aliphatic heterocycles. The van der Waals surface area contributed by atoms with Crippen molar-refractivity contribution in [2.75, 3.05) is 13.2 Å². The normalized spacial score (nSPS) is 12.1. The zero-order valence-electron chi connectivity index (χ0n) is 16.7. The van der Waals surface area contributed by atoms with E-state index >= 15 is 0 Å². The van der Waals surface area contributed by atoms with Crippen molar-refractivity contribution in [3.8, 4) is 11.5 Å². The summed E-state index contributed by atoms with van der Waals surface area (Å²) >= 11 is 6.03. The summed E-state index contributed by atoms with van der Waals surface area (Å²) in [6.45, 7) is 4.05. The molecule has 0 aliphatic rings. The molecule has 0 saturated carbocycles. The summed E-state index contributed by atoms with van der Waals surface area (Å²) in [5, 5.41) is 2.54. The maximum absolute atomic E-state index is 12.2. The first-order chi connectivity index (χ1) is 14.5. The molecule has 1 atom stereocenters. The SMILES string of the molecule is Cc1cccc(OCCOC(=O)C(C)Oc2ccc3c(c2)oc2cc(Cl)ccc23)c1. The van der Waals surface area contributed by atoms with Crippen LogP contribution in [0.2, 0.25) is 5.02 Å². The first-order valence-electron chi connectivity index (χ1n) is 9.64. The van der Waals surface area contributed by atoms with Crippen LogP contribution < -0.4 is 9.47 Å². The fourth-order valence-corrected chi connectivity index (χ4v) is 3.34. The number of rotatable bonds is 7. The Labute approximate surface area is 179 Å². The molecule has 5 nitrogen and oxygen atoms in total. The largest absolute Gasteiger partial charge is 0.490 e. The number of furan rings is 1. The fourth-order valence-electron chi connectivity index (χ4n) is 3.18. The van der Waals surface area contributed by atoms with E-state index in [0.29, 0.717) is 21.9 Å². The molecule has 0 amide bonds. The molecule has 4 aromatic rings. The minimum atomic E-state index is -0.764. The monoisotopic (exact) mass is 424 g/mol. The second-order valence-corrected chi connectivity index (χ2v) is 7.43. The van der Waals surface area contributed by atoms with Crippen molar-refractivity contribution in [2.24, 2.45) is 0 Å². The van der Waals surface area contributed by atoms with Gasteiger partial charge >= 0.3 is 5.97 Å². The maximum atomic E-state index is 12.2. The van der Waals surface area contributed by atoms with Crippen molar-refractivity contribution in [2.45, 2.75) is 20.0 Å². The lowest BCUT2D eigenvalue weighted by atomic mass is 10.1. The Morgan fingerprint density at radius 1 is 0.967 bits per heavy atom. The van der Waals surface area contributed by atoms with Gasteiger partial charge in [0.05, 0.1) is 0 Å². The number of hydrogen-bond donors (Lipinski definition) is 0. The molecule has 0 bridgehead atoms. The third-order valence-electron chi connectivity index (χ3n) is 4.64. The zero-order valence-corrected chi connectivity index (χ0v) is 17.4. The molecule has 0 N–H and O–H groups in total. The Hall–Kier alpha value is -3.18. The van der Waals surface area contributed by atoms with Crippen LogP contribution in [0.15, 0.2) is 65.1 Å². The third-order valence-corrected chi connectivity index (χ3v) is 4.87. The van der Waals surface area contributed by atoms with Crippen LogP contribution in [-0.2, 0) is 9.53 Å². The predicted octanol–water partition coefficient (Wildman–Crippen LogP) is 5.94. The third kappa shape index (κ3) is 4.52. The molecule has 1 unspecified atom stereocenters. The number of carbonyl (C=O) groups excluding carboxylic acids is 1. The van der Waals surface area contributed by atoms with Gasteiger partial charge in [0.15, 0.2) is 6.10 Å². The number of fused-ring (bicyclic) bond motifs is 3. The van der Waals surface area contributed by atoms with Gasteiger partial charge in [-0.15, -0.1) is 0 Å². The summed E-state index contributed by atoms with van der Waals surface area (Å²) in [5.41, 5.74) is 2.48. The van der Waals surface area contributed by atoms with Gasteiger partial charge in [-0.3, -0.25) is 0 Å². The van der Waals surface area contributed by atoms with Crippen molar-refractivity contribution in [3.63, 3.8) is 0 Å². The van der Waals surface area contributed by atoms with Crippen LogP contribution in [0.3, 0.4) is 0 Å². The van der Waals surface area contributed by atoms with Gasteiger partial charge in [-0.05, 0) is 55.8 Å². The van der Waals surface area contributed by atoms with E-state index in [1.165, 1.54) is 0 Å². The number of ether oxygens (including phenoxy) is 3. The number of aryl methyl sites for hydroxylation is 1. The van der Waals surface area contributed by atoms with E-state index in [2.05, 4.69) is 0 Å². The average Bonchev–Trinajstić information content (AvgIpc) is 3.07. The summed E-state index contributed by atoms with van der Waals surface area (Å²) in [6, 6.07) is 18.7. The number of carbonyl (C=O) groups is 1. The van der Waals surface area contributed by atoms with Crippen LogP contribution in [0, 0.1) is 6.92 Å². The summed E-state index contributed by atoms with van der Waals surface area (Å²) in [7, 11) is 0. The standard InChI is InChI=1S/C24H21ClO5/c1-15-4-3-5-18(12-15)27-10-11-28-24(26)16(2)29-19-7-9-21-20-8-6-17(25)13-22(20)30-23(21)14-19/h3-9,12-14,16H,10-11H2,1-2H3. The number of benzene rings is 3. The highest BCUT2D eigenvalue weighted by molar-refractivity contribution is 6.31. The quantitative estimate of drug-likeness (QED) is 0.271. The summed E-state index contributed by atoms with van der Waals surface area (Å²) in [5.74, 6) is 0.809. The van der Waals surface area contributed by atoms with Gasteiger partial charge in [0.2, 0.25) is 0 Å². The summed E-state index contributed by atoms with van der Waals surface area (Å²) in [4.78, 5) is 12.2. The Balaban J connectivity index is 1.33. The van der Waals surface area contributed by atoms with Crippen molar-refractivity contribution in [1.82, 2.24) is 0 Å². The number of esters is 1. The molecule has 0 fully saturated rings.